The van der Waals surface area contributed by atoms with E-state index in [1.807, 2.05) is 6.07 Å². The largest absolute Gasteiger partial charge is 0.218 e. The molecule has 1 atom stereocenters. The average Bonchev–Trinajstić information content (AvgIpc) is 2.73. The Morgan fingerprint density at radius 2 is 1.95 bits per heavy atom. The smallest absolute Gasteiger partial charge is 0.212 e. The van der Waals surface area contributed by atoms with Crippen molar-refractivity contribution in [3.8, 4) is 6.07 Å². The van der Waals surface area contributed by atoms with E-state index in [1.165, 1.54) is 0 Å². The molecular weight excluding hydrogens is 284 g/mol. The Morgan fingerprint density at radius 1 is 1.24 bits per heavy atom. The lowest BCUT2D eigenvalue weighted by Gasteiger charge is -2.28. The number of hydrogen-bond donors (Lipinski definition) is 0. The van der Waals surface area contributed by atoms with Gasteiger partial charge in [0.1, 0.15) is 0 Å². The third kappa shape index (κ3) is 4.05. The molecule has 1 saturated heterocycles. The Labute approximate surface area is 127 Å². The van der Waals surface area contributed by atoms with Crippen LogP contribution in [-0.4, -0.2) is 25.3 Å². The quantitative estimate of drug-likeness (QED) is 0.859. The number of sulfonamides is 1. The molecule has 0 saturated carbocycles. The molecule has 1 aromatic rings. The first kappa shape index (κ1) is 16.0. The Hall–Kier alpha value is -1.38. The van der Waals surface area contributed by atoms with Gasteiger partial charge in [-0.05, 0) is 37.0 Å². The fourth-order valence-corrected chi connectivity index (χ4v) is 4.79. The predicted octanol–water partition coefficient (Wildman–Crippen LogP) is 3.04. The van der Waals surface area contributed by atoms with Crippen LogP contribution in [0.25, 0.3) is 0 Å². The summed E-state index contributed by atoms with van der Waals surface area (Å²) in [4.78, 5) is 0. The van der Waals surface area contributed by atoms with Gasteiger partial charge >= 0.3 is 0 Å². The summed E-state index contributed by atoms with van der Waals surface area (Å²) in [7, 11) is -3.29. The molecule has 0 radical (unpaired) electrons. The summed E-state index contributed by atoms with van der Waals surface area (Å²) in [5, 5.41) is 8.79. The van der Waals surface area contributed by atoms with Gasteiger partial charge in [0, 0.05) is 12.6 Å². The van der Waals surface area contributed by atoms with Gasteiger partial charge in [-0.2, -0.15) is 9.57 Å². The summed E-state index contributed by atoms with van der Waals surface area (Å²) in [5.74, 6) is 0.0230. The normalized spacial score (nSPS) is 20.7. The fourth-order valence-electron chi connectivity index (χ4n) is 2.89. The summed E-state index contributed by atoms with van der Waals surface area (Å²) in [6, 6.07) is 8.98. The minimum absolute atomic E-state index is 0.0230. The van der Waals surface area contributed by atoms with Crippen LogP contribution in [0.3, 0.4) is 0 Å². The van der Waals surface area contributed by atoms with Crippen molar-refractivity contribution in [2.24, 2.45) is 0 Å². The molecule has 0 aliphatic carbocycles. The van der Waals surface area contributed by atoms with Gasteiger partial charge in [0.25, 0.3) is 0 Å². The van der Waals surface area contributed by atoms with Crippen molar-refractivity contribution in [2.45, 2.75) is 50.8 Å². The monoisotopic (exact) mass is 306 g/mol. The lowest BCUT2D eigenvalue weighted by molar-refractivity contribution is 0.314. The van der Waals surface area contributed by atoms with E-state index in [4.69, 9.17) is 5.26 Å². The highest BCUT2D eigenvalue weighted by Crippen LogP contribution is 2.24. The predicted molar refractivity (Wildman–Crippen MR) is 83.0 cm³/mol. The van der Waals surface area contributed by atoms with E-state index < -0.39 is 10.0 Å². The highest BCUT2D eigenvalue weighted by atomic mass is 32.2. The molecular formula is C16H22N2O2S. The van der Waals surface area contributed by atoms with E-state index in [9.17, 15) is 8.42 Å². The zero-order valence-corrected chi connectivity index (χ0v) is 13.3. The van der Waals surface area contributed by atoms with E-state index in [0.29, 0.717) is 12.1 Å². The minimum Gasteiger partial charge on any atom is -0.212 e. The molecule has 1 aliphatic heterocycles. The van der Waals surface area contributed by atoms with Gasteiger partial charge in [-0.3, -0.25) is 0 Å². The topological polar surface area (TPSA) is 61.2 Å². The van der Waals surface area contributed by atoms with Crippen LogP contribution in [-0.2, 0) is 15.8 Å². The highest BCUT2D eigenvalue weighted by Gasteiger charge is 2.29. The lowest BCUT2D eigenvalue weighted by Crippen LogP contribution is -2.40. The van der Waals surface area contributed by atoms with Gasteiger partial charge in [-0.1, -0.05) is 31.9 Å². The molecule has 21 heavy (non-hydrogen) atoms. The van der Waals surface area contributed by atoms with Crippen molar-refractivity contribution in [2.75, 3.05) is 6.54 Å². The molecule has 1 aliphatic rings. The number of hydrogen-bond acceptors (Lipinski definition) is 3. The molecule has 1 aromatic carbocycles. The number of benzene rings is 1. The van der Waals surface area contributed by atoms with E-state index in [-0.39, 0.29) is 11.8 Å². The van der Waals surface area contributed by atoms with E-state index >= 15 is 0 Å². The summed E-state index contributed by atoms with van der Waals surface area (Å²) < 4.78 is 27.1. The first-order valence-electron chi connectivity index (χ1n) is 7.55. The van der Waals surface area contributed by atoms with Crippen LogP contribution in [0.1, 0.15) is 50.2 Å². The minimum atomic E-state index is -3.29. The average molecular weight is 306 g/mol. The number of nitriles is 1. The van der Waals surface area contributed by atoms with E-state index in [0.717, 1.165) is 37.7 Å². The van der Waals surface area contributed by atoms with E-state index in [2.05, 4.69) is 6.92 Å². The van der Waals surface area contributed by atoms with Crippen LogP contribution in [0.2, 0.25) is 0 Å². The molecule has 114 valence electrons. The second-order valence-electron chi connectivity index (χ2n) is 5.59. The first-order valence-corrected chi connectivity index (χ1v) is 9.16. The third-order valence-electron chi connectivity index (χ3n) is 4.08. The molecule has 0 bridgehead atoms. The van der Waals surface area contributed by atoms with Crippen molar-refractivity contribution >= 4 is 10.0 Å². The zero-order valence-electron chi connectivity index (χ0n) is 12.5. The van der Waals surface area contributed by atoms with E-state index in [1.54, 1.807) is 28.6 Å². The second-order valence-corrected chi connectivity index (χ2v) is 7.51. The van der Waals surface area contributed by atoms with Crippen LogP contribution >= 0.6 is 0 Å². The number of nitrogens with zero attached hydrogens (tertiary/aromatic N) is 2. The lowest BCUT2D eigenvalue weighted by atomic mass is 10.1. The molecule has 1 fully saturated rings. The Bertz CT molecular complexity index is 602. The van der Waals surface area contributed by atoms with Gasteiger partial charge in [-0.15, -0.1) is 0 Å². The van der Waals surface area contributed by atoms with Crippen LogP contribution in [0, 0.1) is 11.3 Å². The second kappa shape index (κ2) is 7.06. The van der Waals surface area contributed by atoms with Crippen molar-refractivity contribution in [1.29, 1.82) is 5.26 Å². The van der Waals surface area contributed by atoms with Gasteiger partial charge in [0.15, 0.2) is 0 Å². The van der Waals surface area contributed by atoms with Crippen molar-refractivity contribution in [3.63, 3.8) is 0 Å². The molecule has 1 heterocycles. The van der Waals surface area contributed by atoms with Crippen LogP contribution in [0.4, 0.5) is 0 Å². The van der Waals surface area contributed by atoms with Gasteiger partial charge < -0.3 is 0 Å². The molecule has 0 amide bonds. The third-order valence-corrected chi connectivity index (χ3v) is 5.98. The maximum atomic E-state index is 12.7. The molecule has 1 unspecified atom stereocenters. The first-order chi connectivity index (χ1) is 10.1. The van der Waals surface area contributed by atoms with Crippen molar-refractivity contribution < 1.29 is 8.42 Å². The van der Waals surface area contributed by atoms with Crippen molar-refractivity contribution in [1.82, 2.24) is 4.31 Å². The standard InChI is InChI=1S/C16H22N2O2S/c1-2-16-6-4-3-5-11-18(16)21(19,20)13-15-9-7-14(12-17)8-10-15/h7-10,16H,2-6,11,13H2,1H3. The van der Waals surface area contributed by atoms with Gasteiger partial charge in [0.05, 0.1) is 17.4 Å². The van der Waals surface area contributed by atoms with Crippen LogP contribution in [0.5, 0.6) is 0 Å². The van der Waals surface area contributed by atoms with Gasteiger partial charge in [0.2, 0.25) is 10.0 Å². The highest BCUT2D eigenvalue weighted by molar-refractivity contribution is 7.88. The zero-order chi connectivity index (χ0) is 15.3. The molecule has 2 rings (SSSR count). The maximum Gasteiger partial charge on any atom is 0.218 e. The Morgan fingerprint density at radius 3 is 2.57 bits per heavy atom. The van der Waals surface area contributed by atoms with Gasteiger partial charge in [-0.25, -0.2) is 8.42 Å². The fraction of sp³-hybridized carbons (Fsp3) is 0.562. The molecule has 4 nitrogen and oxygen atoms in total. The summed E-state index contributed by atoms with van der Waals surface area (Å²) in [5.41, 5.74) is 1.30. The molecule has 0 aromatic heterocycles. The Kier molecular flexibility index (Phi) is 5.38. The van der Waals surface area contributed by atoms with Crippen LogP contribution < -0.4 is 0 Å². The summed E-state index contributed by atoms with van der Waals surface area (Å²) in [6.45, 7) is 2.69. The summed E-state index contributed by atoms with van der Waals surface area (Å²) in [6.07, 6.45) is 5.00. The van der Waals surface area contributed by atoms with Crippen LogP contribution in [0.15, 0.2) is 24.3 Å². The molecule has 5 heteroatoms. The maximum absolute atomic E-state index is 12.7. The molecule has 0 N–H and O–H groups in total. The summed E-state index contributed by atoms with van der Waals surface area (Å²) >= 11 is 0. The Balaban J connectivity index is 2.17. The number of rotatable bonds is 4. The molecule has 0 spiro atoms. The van der Waals surface area contributed by atoms with Crippen molar-refractivity contribution in [3.05, 3.63) is 35.4 Å². The SMILES string of the molecule is CCC1CCCCCN1S(=O)(=O)Cc1ccc(C#N)cc1.